The van der Waals surface area contributed by atoms with Gasteiger partial charge in [-0.1, -0.05) is 12.1 Å². The molecule has 0 aliphatic rings. The number of hydrogen-bond acceptors (Lipinski definition) is 4. The van der Waals surface area contributed by atoms with Crippen LogP contribution in [0.4, 0.5) is 0 Å². The lowest BCUT2D eigenvalue weighted by Gasteiger charge is -2.11. The highest BCUT2D eigenvalue weighted by Gasteiger charge is 2.15. The van der Waals surface area contributed by atoms with Crippen molar-refractivity contribution in [2.75, 3.05) is 20.4 Å². The standard InChI is InChI=1S/C10H15NO4S2/c1-11(2)17(14,15)8-9-4-6-10(7-5-9)16(3,12)13/h4-7H,8H2,1-3H3. The van der Waals surface area contributed by atoms with E-state index in [4.69, 9.17) is 0 Å². The molecule has 0 saturated carbocycles. The van der Waals surface area contributed by atoms with Crippen LogP contribution in [0.25, 0.3) is 0 Å². The van der Waals surface area contributed by atoms with E-state index in [-0.39, 0.29) is 10.6 Å². The van der Waals surface area contributed by atoms with Crippen LogP contribution in [0.15, 0.2) is 29.2 Å². The monoisotopic (exact) mass is 277 g/mol. The smallest absolute Gasteiger partial charge is 0.217 e. The first-order valence-corrected chi connectivity index (χ1v) is 8.32. The van der Waals surface area contributed by atoms with Gasteiger partial charge in [0.25, 0.3) is 0 Å². The fraction of sp³-hybridized carbons (Fsp3) is 0.400. The highest BCUT2D eigenvalue weighted by Crippen LogP contribution is 2.13. The molecule has 0 radical (unpaired) electrons. The van der Waals surface area contributed by atoms with Gasteiger partial charge < -0.3 is 0 Å². The average Bonchev–Trinajstić information content (AvgIpc) is 2.16. The lowest BCUT2D eigenvalue weighted by molar-refractivity contribution is 0.519. The zero-order valence-corrected chi connectivity index (χ0v) is 11.5. The Hall–Kier alpha value is -0.920. The Bertz CT molecular complexity index is 586. The average molecular weight is 277 g/mol. The van der Waals surface area contributed by atoms with Crippen LogP contribution in [0.1, 0.15) is 5.56 Å². The van der Waals surface area contributed by atoms with Gasteiger partial charge in [0.1, 0.15) is 0 Å². The molecule has 0 unspecified atom stereocenters. The molecule has 7 heteroatoms. The van der Waals surface area contributed by atoms with E-state index in [1.165, 1.54) is 38.4 Å². The summed E-state index contributed by atoms with van der Waals surface area (Å²) in [5.41, 5.74) is 0.561. The predicted molar refractivity (Wildman–Crippen MR) is 65.9 cm³/mol. The number of benzene rings is 1. The fourth-order valence-electron chi connectivity index (χ4n) is 1.17. The minimum Gasteiger partial charge on any atom is -0.224 e. The molecule has 0 saturated heterocycles. The van der Waals surface area contributed by atoms with E-state index in [1.807, 2.05) is 0 Å². The Morgan fingerprint density at radius 3 is 1.82 bits per heavy atom. The zero-order chi connectivity index (χ0) is 13.3. The summed E-state index contributed by atoms with van der Waals surface area (Å²) in [5, 5.41) is 0. The molecule has 0 heterocycles. The van der Waals surface area contributed by atoms with Gasteiger partial charge in [-0.2, -0.15) is 0 Å². The van der Waals surface area contributed by atoms with Crippen molar-refractivity contribution in [3.8, 4) is 0 Å². The third-order valence-corrected chi connectivity index (χ3v) is 5.20. The number of sulfonamides is 1. The van der Waals surface area contributed by atoms with E-state index in [0.717, 1.165) is 10.6 Å². The maximum absolute atomic E-state index is 11.6. The van der Waals surface area contributed by atoms with Crippen molar-refractivity contribution in [3.63, 3.8) is 0 Å². The number of nitrogens with zero attached hydrogens (tertiary/aromatic N) is 1. The van der Waals surface area contributed by atoms with E-state index in [2.05, 4.69) is 0 Å². The van der Waals surface area contributed by atoms with Gasteiger partial charge in [-0.05, 0) is 17.7 Å². The zero-order valence-electron chi connectivity index (χ0n) is 9.91. The summed E-state index contributed by atoms with van der Waals surface area (Å²) in [5.74, 6) is -0.135. The second kappa shape index (κ2) is 4.75. The topological polar surface area (TPSA) is 71.5 Å². The molecule has 17 heavy (non-hydrogen) atoms. The molecule has 0 amide bonds. The number of rotatable bonds is 4. The second-order valence-corrected chi connectivity index (χ2v) is 8.15. The van der Waals surface area contributed by atoms with Crippen LogP contribution in [0, 0.1) is 0 Å². The Morgan fingerprint density at radius 2 is 1.47 bits per heavy atom. The van der Waals surface area contributed by atoms with E-state index in [1.54, 1.807) is 0 Å². The summed E-state index contributed by atoms with van der Waals surface area (Å²) in [6, 6.07) is 5.85. The molecular formula is C10H15NO4S2. The first-order valence-electron chi connectivity index (χ1n) is 4.82. The third kappa shape index (κ3) is 3.79. The van der Waals surface area contributed by atoms with Gasteiger partial charge in [0, 0.05) is 20.4 Å². The van der Waals surface area contributed by atoms with E-state index in [9.17, 15) is 16.8 Å². The normalized spacial score (nSPS) is 12.9. The van der Waals surface area contributed by atoms with Crippen molar-refractivity contribution in [2.24, 2.45) is 0 Å². The largest absolute Gasteiger partial charge is 0.224 e. The second-order valence-electron chi connectivity index (χ2n) is 3.95. The van der Waals surface area contributed by atoms with Crippen molar-refractivity contribution in [3.05, 3.63) is 29.8 Å². The first kappa shape index (κ1) is 14.1. The van der Waals surface area contributed by atoms with Gasteiger partial charge in [-0.25, -0.2) is 21.1 Å². The van der Waals surface area contributed by atoms with Crippen molar-refractivity contribution in [1.82, 2.24) is 4.31 Å². The quantitative estimate of drug-likeness (QED) is 0.802. The van der Waals surface area contributed by atoms with Crippen LogP contribution in [-0.4, -0.2) is 41.5 Å². The van der Waals surface area contributed by atoms with Crippen LogP contribution in [0.2, 0.25) is 0 Å². The van der Waals surface area contributed by atoms with Crippen molar-refractivity contribution < 1.29 is 16.8 Å². The molecule has 0 fully saturated rings. The third-order valence-electron chi connectivity index (χ3n) is 2.26. The van der Waals surface area contributed by atoms with E-state index < -0.39 is 19.9 Å². The van der Waals surface area contributed by atoms with Crippen LogP contribution in [0.3, 0.4) is 0 Å². The molecule has 1 aromatic rings. The minimum absolute atomic E-state index is 0.135. The van der Waals surface area contributed by atoms with Gasteiger partial charge in [0.15, 0.2) is 9.84 Å². The molecule has 1 aromatic carbocycles. The fourth-order valence-corrected chi connectivity index (χ4v) is 2.67. The van der Waals surface area contributed by atoms with E-state index >= 15 is 0 Å². The van der Waals surface area contributed by atoms with Gasteiger partial charge in [0.05, 0.1) is 10.6 Å². The molecule has 0 bridgehead atoms. The maximum Gasteiger partial charge on any atom is 0.217 e. The summed E-state index contributed by atoms with van der Waals surface area (Å²) < 4.78 is 46.7. The molecule has 0 spiro atoms. The van der Waals surface area contributed by atoms with Crippen molar-refractivity contribution >= 4 is 19.9 Å². The van der Waals surface area contributed by atoms with Crippen LogP contribution < -0.4 is 0 Å². The summed E-state index contributed by atoms with van der Waals surface area (Å²) in [6.45, 7) is 0. The molecule has 0 aliphatic heterocycles. The molecular weight excluding hydrogens is 262 g/mol. The molecule has 0 aromatic heterocycles. The molecule has 5 nitrogen and oxygen atoms in total. The summed E-state index contributed by atoms with van der Waals surface area (Å²) in [6.07, 6.45) is 1.11. The Kier molecular flexibility index (Phi) is 3.95. The summed E-state index contributed by atoms with van der Waals surface area (Å²) in [7, 11) is -3.64. The Morgan fingerprint density at radius 1 is 1.00 bits per heavy atom. The Labute approximate surface area is 102 Å². The SMILES string of the molecule is CN(C)S(=O)(=O)Cc1ccc(S(C)(=O)=O)cc1. The summed E-state index contributed by atoms with van der Waals surface area (Å²) in [4.78, 5) is 0.184. The lowest BCUT2D eigenvalue weighted by atomic mass is 10.2. The van der Waals surface area contributed by atoms with Crippen LogP contribution in [-0.2, 0) is 25.6 Å². The highest BCUT2D eigenvalue weighted by atomic mass is 32.2. The van der Waals surface area contributed by atoms with Gasteiger partial charge in [-0.3, -0.25) is 0 Å². The first-order chi connectivity index (χ1) is 7.63. The minimum atomic E-state index is -3.32. The molecule has 0 atom stereocenters. The van der Waals surface area contributed by atoms with E-state index in [0.29, 0.717) is 5.56 Å². The number of hydrogen-bond donors (Lipinski definition) is 0. The van der Waals surface area contributed by atoms with Crippen molar-refractivity contribution in [1.29, 1.82) is 0 Å². The van der Waals surface area contributed by atoms with Crippen molar-refractivity contribution in [2.45, 2.75) is 10.6 Å². The predicted octanol–water partition coefficient (Wildman–Crippen LogP) is 0.482. The molecule has 0 aliphatic carbocycles. The Balaban J connectivity index is 2.98. The van der Waals surface area contributed by atoms with Crippen LogP contribution >= 0.6 is 0 Å². The van der Waals surface area contributed by atoms with Gasteiger partial charge >= 0.3 is 0 Å². The highest BCUT2D eigenvalue weighted by molar-refractivity contribution is 7.90. The lowest BCUT2D eigenvalue weighted by Crippen LogP contribution is -2.23. The molecule has 0 N–H and O–H groups in total. The molecule has 1 rings (SSSR count). The summed E-state index contributed by atoms with van der Waals surface area (Å²) >= 11 is 0. The maximum atomic E-state index is 11.6. The molecule has 96 valence electrons. The number of sulfone groups is 1. The van der Waals surface area contributed by atoms with Gasteiger partial charge in [-0.15, -0.1) is 0 Å². The van der Waals surface area contributed by atoms with Gasteiger partial charge in [0.2, 0.25) is 10.0 Å². The van der Waals surface area contributed by atoms with Crippen LogP contribution in [0.5, 0.6) is 0 Å².